The lowest BCUT2D eigenvalue weighted by Crippen LogP contribution is -2.37. The molecule has 182 valence electrons. The van der Waals surface area contributed by atoms with Crippen LogP contribution in [0.5, 0.6) is 11.5 Å². The Balaban J connectivity index is 1.18. The summed E-state index contributed by atoms with van der Waals surface area (Å²) in [5.74, 6) is 0.487. The van der Waals surface area contributed by atoms with Gasteiger partial charge in [0.05, 0.1) is 0 Å². The van der Waals surface area contributed by atoms with Crippen LogP contribution in [0.15, 0.2) is 48.7 Å². The maximum atomic E-state index is 13.5. The topological polar surface area (TPSA) is 96.6 Å². The molecule has 2 amide bonds. The van der Waals surface area contributed by atoms with Crippen LogP contribution >= 0.6 is 0 Å². The molecule has 8 nitrogen and oxygen atoms in total. The third kappa shape index (κ3) is 3.92. The Kier molecular flexibility index (Phi) is 5.32. The van der Waals surface area contributed by atoms with Crippen LogP contribution in [0.4, 0.5) is 4.39 Å². The third-order valence-corrected chi connectivity index (χ3v) is 6.76. The highest BCUT2D eigenvalue weighted by molar-refractivity contribution is 5.98. The van der Waals surface area contributed by atoms with Gasteiger partial charge in [-0.3, -0.25) is 14.6 Å². The van der Waals surface area contributed by atoms with Gasteiger partial charge in [0.25, 0.3) is 11.8 Å². The molecule has 0 aliphatic carbocycles. The van der Waals surface area contributed by atoms with Gasteiger partial charge in [-0.1, -0.05) is 0 Å². The fourth-order valence-corrected chi connectivity index (χ4v) is 4.83. The van der Waals surface area contributed by atoms with Gasteiger partial charge in [0.15, 0.2) is 11.5 Å². The van der Waals surface area contributed by atoms with Crippen LogP contribution in [-0.2, 0) is 19.5 Å². The predicted molar refractivity (Wildman–Crippen MR) is 129 cm³/mol. The van der Waals surface area contributed by atoms with E-state index in [4.69, 9.17) is 9.47 Å². The van der Waals surface area contributed by atoms with Gasteiger partial charge >= 0.3 is 0 Å². The van der Waals surface area contributed by atoms with Crippen molar-refractivity contribution in [1.29, 1.82) is 0 Å². The molecule has 0 spiro atoms. The number of rotatable bonds is 4. The summed E-state index contributed by atoms with van der Waals surface area (Å²) in [5, 5.41) is 3.65. The zero-order chi connectivity index (χ0) is 24.8. The number of aromatic nitrogens is 2. The fourth-order valence-electron chi connectivity index (χ4n) is 4.83. The lowest BCUT2D eigenvalue weighted by molar-refractivity contribution is 0.0729. The van der Waals surface area contributed by atoms with Crippen molar-refractivity contribution in [3.63, 3.8) is 0 Å². The van der Waals surface area contributed by atoms with Gasteiger partial charge in [-0.2, -0.15) is 0 Å². The molecule has 36 heavy (non-hydrogen) atoms. The minimum absolute atomic E-state index is 0.143. The second-order valence-corrected chi connectivity index (χ2v) is 8.97. The Morgan fingerprint density at radius 1 is 1.14 bits per heavy atom. The Morgan fingerprint density at radius 2 is 2.00 bits per heavy atom. The van der Waals surface area contributed by atoms with Crippen molar-refractivity contribution in [1.82, 2.24) is 20.2 Å². The summed E-state index contributed by atoms with van der Waals surface area (Å²) in [6, 6.07) is 11.2. The highest BCUT2D eigenvalue weighted by Crippen LogP contribution is 2.32. The van der Waals surface area contributed by atoms with E-state index < -0.39 is 0 Å². The normalized spacial score (nSPS) is 14.1. The summed E-state index contributed by atoms with van der Waals surface area (Å²) in [6.45, 7) is 3.34. The monoisotopic (exact) mass is 486 g/mol. The van der Waals surface area contributed by atoms with Gasteiger partial charge in [-0.05, 0) is 72.5 Å². The molecule has 0 unspecified atom stereocenters. The van der Waals surface area contributed by atoms with Crippen LogP contribution in [0.3, 0.4) is 0 Å². The molecule has 2 aliphatic heterocycles. The van der Waals surface area contributed by atoms with Gasteiger partial charge in [-0.25, -0.2) is 4.39 Å². The number of amides is 2. The number of fused-ring (bicyclic) bond motifs is 3. The molecule has 4 aromatic rings. The summed E-state index contributed by atoms with van der Waals surface area (Å²) >= 11 is 0. The molecule has 6 rings (SSSR count). The number of nitrogens with zero attached hydrogens (tertiary/aromatic N) is 2. The van der Waals surface area contributed by atoms with Gasteiger partial charge < -0.3 is 24.7 Å². The van der Waals surface area contributed by atoms with E-state index in [0.717, 1.165) is 27.9 Å². The summed E-state index contributed by atoms with van der Waals surface area (Å²) in [7, 11) is 0. The fraction of sp³-hybridized carbons (Fsp3) is 0.222. The molecule has 2 aromatic carbocycles. The van der Waals surface area contributed by atoms with Crippen molar-refractivity contribution in [3.8, 4) is 11.5 Å². The zero-order valence-corrected chi connectivity index (χ0v) is 19.6. The van der Waals surface area contributed by atoms with Crippen molar-refractivity contribution in [3.05, 3.63) is 88.1 Å². The smallest absolute Gasteiger partial charge is 0.270 e. The average Bonchev–Trinajstić information content (AvgIpc) is 3.53. The summed E-state index contributed by atoms with van der Waals surface area (Å²) < 4.78 is 24.2. The van der Waals surface area contributed by atoms with E-state index in [2.05, 4.69) is 15.3 Å². The number of halogens is 1. The van der Waals surface area contributed by atoms with Crippen LogP contribution < -0.4 is 14.8 Å². The van der Waals surface area contributed by atoms with Crippen LogP contribution in [0.2, 0.25) is 0 Å². The number of nitrogens with one attached hydrogen (secondary N) is 2. The molecule has 4 heterocycles. The van der Waals surface area contributed by atoms with E-state index in [0.29, 0.717) is 54.2 Å². The van der Waals surface area contributed by atoms with Crippen LogP contribution in [0.25, 0.3) is 10.9 Å². The highest BCUT2D eigenvalue weighted by atomic mass is 19.1. The SMILES string of the molecule is Cc1ncc2c(c1CNC(=O)c1ccc3c(c1)OCO3)CCN(C(=O)c1cc3cc(F)ccc3[nH]1)C2. The second-order valence-electron chi connectivity index (χ2n) is 8.97. The van der Waals surface area contributed by atoms with Gasteiger partial charge in [0, 0.05) is 48.0 Å². The maximum Gasteiger partial charge on any atom is 0.270 e. The number of aryl methyl sites for hydroxylation is 1. The third-order valence-electron chi connectivity index (χ3n) is 6.76. The molecule has 0 saturated heterocycles. The van der Waals surface area contributed by atoms with Crippen molar-refractivity contribution >= 4 is 22.7 Å². The Labute approximate surface area is 206 Å². The van der Waals surface area contributed by atoms with Gasteiger partial charge in [0.1, 0.15) is 11.5 Å². The minimum atomic E-state index is -0.341. The first-order chi connectivity index (χ1) is 17.5. The van der Waals surface area contributed by atoms with Crippen LogP contribution in [0, 0.1) is 12.7 Å². The summed E-state index contributed by atoms with van der Waals surface area (Å²) in [6.07, 6.45) is 2.45. The Bertz CT molecular complexity index is 1530. The Morgan fingerprint density at radius 3 is 2.89 bits per heavy atom. The number of ether oxygens (including phenoxy) is 2. The largest absolute Gasteiger partial charge is 0.454 e. The van der Waals surface area contributed by atoms with E-state index >= 15 is 0 Å². The molecule has 2 aromatic heterocycles. The first-order valence-electron chi connectivity index (χ1n) is 11.7. The second kappa shape index (κ2) is 8.67. The summed E-state index contributed by atoms with van der Waals surface area (Å²) in [4.78, 5) is 35.3. The van der Waals surface area contributed by atoms with Crippen LogP contribution in [-0.4, -0.2) is 40.0 Å². The molecule has 0 atom stereocenters. The number of carbonyl (C=O) groups is 2. The number of aromatic amines is 1. The van der Waals surface area contributed by atoms with Crippen molar-refractivity contribution < 1.29 is 23.5 Å². The van der Waals surface area contributed by atoms with Gasteiger partial charge in [-0.15, -0.1) is 0 Å². The van der Waals surface area contributed by atoms with Crippen LogP contribution in [0.1, 0.15) is 43.2 Å². The molecule has 0 radical (unpaired) electrons. The number of hydrogen-bond donors (Lipinski definition) is 2. The highest BCUT2D eigenvalue weighted by Gasteiger charge is 2.26. The van der Waals surface area contributed by atoms with E-state index in [-0.39, 0.29) is 24.4 Å². The molecular weight excluding hydrogens is 463 g/mol. The predicted octanol–water partition coefficient (Wildman–Crippen LogP) is 3.87. The van der Waals surface area contributed by atoms with Crippen molar-refractivity contribution in [2.24, 2.45) is 0 Å². The lowest BCUT2D eigenvalue weighted by atomic mass is 9.94. The average molecular weight is 487 g/mol. The number of H-pyrrole nitrogens is 1. The van der Waals surface area contributed by atoms with Gasteiger partial charge in [0.2, 0.25) is 6.79 Å². The van der Waals surface area contributed by atoms with E-state index in [1.54, 1.807) is 41.4 Å². The maximum absolute atomic E-state index is 13.5. The first kappa shape index (κ1) is 22.1. The Hall–Kier alpha value is -4.40. The lowest BCUT2D eigenvalue weighted by Gasteiger charge is -2.30. The summed E-state index contributed by atoms with van der Waals surface area (Å²) in [5.41, 5.74) is 5.51. The number of pyridine rings is 1. The number of benzene rings is 2. The minimum Gasteiger partial charge on any atom is -0.454 e. The molecule has 0 saturated carbocycles. The first-order valence-corrected chi connectivity index (χ1v) is 11.7. The van der Waals surface area contributed by atoms with E-state index in [1.807, 2.05) is 6.92 Å². The molecule has 0 fully saturated rings. The number of hydrogen-bond acceptors (Lipinski definition) is 5. The van der Waals surface area contributed by atoms with Crippen molar-refractivity contribution in [2.45, 2.75) is 26.4 Å². The van der Waals surface area contributed by atoms with E-state index in [9.17, 15) is 14.0 Å². The molecule has 2 N–H and O–H groups in total. The standard InChI is InChI=1S/C27H23FN4O4/c1-15-21(12-30-26(33)16-2-5-24-25(10-16)36-14-35-24)20-6-7-32(13-18(20)11-29-15)27(34)23-9-17-8-19(28)3-4-22(17)31-23/h2-5,8-11,31H,6-7,12-14H2,1H3,(H,30,33). The van der Waals surface area contributed by atoms with Crippen molar-refractivity contribution in [2.75, 3.05) is 13.3 Å². The zero-order valence-electron chi connectivity index (χ0n) is 19.6. The van der Waals surface area contributed by atoms with E-state index in [1.165, 1.54) is 12.1 Å². The number of carbonyl (C=O) groups excluding carboxylic acids is 2. The molecular formula is C27H23FN4O4. The quantitative estimate of drug-likeness (QED) is 0.457. The molecule has 9 heteroatoms. The molecule has 2 aliphatic rings. The molecule has 0 bridgehead atoms.